The van der Waals surface area contributed by atoms with Crippen molar-refractivity contribution in [2.24, 2.45) is 0 Å². The third-order valence-corrected chi connectivity index (χ3v) is 6.89. The number of halogens is 2. The van der Waals surface area contributed by atoms with Gasteiger partial charge in [-0.25, -0.2) is 0 Å². The average Bonchev–Trinajstić information content (AvgIpc) is 3.03. The van der Waals surface area contributed by atoms with E-state index in [1.165, 1.54) is 0 Å². The zero-order valence-electron chi connectivity index (χ0n) is 24.4. The van der Waals surface area contributed by atoms with Gasteiger partial charge >= 0.3 is 19.5 Å². The van der Waals surface area contributed by atoms with Crippen LogP contribution in [-0.2, 0) is 40.5 Å². The summed E-state index contributed by atoms with van der Waals surface area (Å²) in [6, 6.07) is 32.1. The maximum atomic E-state index is 12.5. The van der Waals surface area contributed by atoms with Crippen molar-refractivity contribution < 1.29 is 72.8 Å². The molecule has 2 atom stereocenters. The molecule has 0 amide bonds. The van der Waals surface area contributed by atoms with E-state index in [1.54, 1.807) is 72.8 Å². The van der Waals surface area contributed by atoms with E-state index in [0.717, 1.165) is 0 Å². The van der Waals surface area contributed by atoms with Crippen molar-refractivity contribution in [1.82, 2.24) is 0 Å². The molecule has 2 heterocycles. The number of nitrogens with one attached hydrogen (secondary N) is 2. The first-order valence-electron chi connectivity index (χ1n) is 13.6. The van der Waals surface area contributed by atoms with Gasteiger partial charge < -0.3 is 43.8 Å². The molecule has 4 aromatic rings. The Morgan fingerprint density at radius 1 is 0.556 bits per heavy atom. The van der Waals surface area contributed by atoms with Gasteiger partial charge in [0.1, 0.15) is 11.5 Å². The minimum atomic E-state index is -1.47. The van der Waals surface area contributed by atoms with Crippen LogP contribution in [0.4, 0.5) is 0 Å². The van der Waals surface area contributed by atoms with Crippen LogP contribution in [0.25, 0.3) is 0 Å². The number of rotatable bonds is 6. The molecule has 234 valence electrons. The molecule has 0 spiro atoms. The molecule has 45 heavy (non-hydrogen) atoms. The Bertz CT molecular complexity index is 1530. The Morgan fingerprint density at radius 2 is 0.867 bits per heavy atom. The summed E-state index contributed by atoms with van der Waals surface area (Å²) in [5.74, 6) is -2.79. The number of carbonyl (C=O) groups is 2. The van der Waals surface area contributed by atoms with Crippen molar-refractivity contribution in [1.29, 1.82) is 10.8 Å². The van der Waals surface area contributed by atoms with Crippen LogP contribution in [0.1, 0.15) is 45.7 Å². The molecule has 0 radical (unpaired) electrons. The van der Waals surface area contributed by atoms with Gasteiger partial charge in [0.05, 0.1) is 11.1 Å². The fourth-order valence-electron chi connectivity index (χ4n) is 4.96. The van der Waals surface area contributed by atoms with Crippen LogP contribution >= 0.6 is 0 Å². The third kappa shape index (κ3) is 6.93. The molecule has 0 fully saturated rings. The van der Waals surface area contributed by atoms with E-state index in [2.05, 4.69) is 0 Å². The molecular formula is C34H30Cl2N2O6Ru. The van der Waals surface area contributed by atoms with Crippen molar-refractivity contribution in [3.8, 4) is 11.5 Å². The smallest absolute Gasteiger partial charge is 1.00 e. The van der Waals surface area contributed by atoms with E-state index in [4.69, 9.17) is 29.8 Å². The van der Waals surface area contributed by atoms with Gasteiger partial charge in [0.25, 0.3) is 11.6 Å². The van der Waals surface area contributed by atoms with Crippen molar-refractivity contribution in [2.45, 2.75) is 25.4 Å². The van der Waals surface area contributed by atoms with Crippen molar-refractivity contribution in [3.63, 3.8) is 0 Å². The minimum absolute atomic E-state index is 0. The first-order chi connectivity index (χ1) is 20.4. The predicted molar refractivity (Wildman–Crippen MR) is 158 cm³/mol. The molecule has 0 aromatic heterocycles. The summed E-state index contributed by atoms with van der Waals surface area (Å²) in [4.78, 5) is 25.0. The van der Waals surface area contributed by atoms with E-state index >= 15 is 0 Å². The summed E-state index contributed by atoms with van der Waals surface area (Å²) in [5.41, 5.74) is 1.67. The molecule has 11 heteroatoms. The number of Topliss-reactive ketones (excluding diaryl/α,β-unsaturated/α-hetero) is 2. The Labute approximate surface area is 287 Å². The Hall–Kier alpha value is -3.72. The maximum Gasteiger partial charge on any atom is 2.00 e. The van der Waals surface area contributed by atoms with Gasteiger partial charge in [0.2, 0.25) is 11.6 Å². The van der Waals surface area contributed by atoms with Crippen LogP contribution in [0.5, 0.6) is 11.5 Å². The standard InChI is InChI=1S/2C17H15NO3.2ClH.Ru/c2*1-2-20-17(12-8-4-3-5-9-12)16(18)15(19)13-10-6-7-11-14(13)21-17;;;/h2*3-11,18H,2H2,1H3;2*1H;/q;;;;+2/p-2. The largest absolute Gasteiger partial charge is 2.00 e. The Balaban J connectivity index is 0.000000294. The SMILES string of the molecule is CCOC1(c2ccccc2)Oc2ccccc2C(=O)C1=N.CCOC1(c2ccccc2)Oc2ccccc2C(=O)C1=N.[Cl-].[Cl-].[Ru+2]. The van der Waals surface area contributed by atoms with Gasteiger partial charge in [-0.05, 0) is 38.1 Å². The first kappa shape index (κ1) is 37.5. The third-order valence-electron chi connectivity index (χ3n) is 6.89. The van der Waals surface area contributed by atoms with Crippen molar-refractivity contribution in [2.75, 3.05) is 13.2 Å². The zero-order chi connectivity index (χ0) is 29.7. The molecule has 6 rings (SSSR count). The summed E-state index contributed by atoms with van der Waals surface area (Å²) >= 11 is 0. The number of carbonyl (C=O) groups excluding carboxylic acids is 2. The molecule has 4 aromatic carbocycles. The molecule has 2 unspecified atom stereocenters. The number of para-hydroxylation sites is 2. The number of hydrogen-bond donors (Lipinski definition) is 2. The Morgan fingerprint density at radius 3 is 1.20 bits per heavy atom. The average molecular weight is 735 g/mol. The van der Waals surface area contributed by atoms with Gasteiger partial charge in [-0.15, -0.1) is 0 Å². The van der Waals surface area contributed by atoms with Gasteiger partial charge in [0.15, 0.2) is 11.4 Å². The van der Waals surface area contributed by atoms with Crippen LogP contribution < -0.4 is 34.3 Å². The van der Waals surface area contributed by atoms with Gasteiger partial charge in [0, 0.05) is 24.3 Å². The zero-order valence-corrected chi connectivity index (χ0v) is 27.6. The van der Waals surface area contributed by atoms with Gasteiger partial charge in [-0.3, -0.25) is 20.4 Å². The second-order valence-electron chi connectivity index (χ2n) is 9.44. The molecule has 8 nitrogen and oxygen atoms in total. The molecule has 2 N–H and O–H groups in total. The van der Waals surface area contributed by atoms with Crippen molar-refractivity contribution in [3.05, 3.63) is 131 Å². The molecule has 2 aliphatic rings. The molecular weight excluding hydrogens is 704 g/mol. The molecule has 2 aliphatic heterocycles. The van der Waals surface area contributed by atoms with E-state index in [9.17, 15) is 9.59 Å². The van der Waals surface area contributed by atoms with E-state index in [1.807, 2.05) is 50.2 Å². The monoisotopic (exact) mass is 734 g/mol. The molecule has 0 aliphatic carbocycles. The summed E-state index contributed by atoms with van der Waals surface area (Å²) in [6.07, 6.45) is 0. The second kappa shape index (κ2) is 16.0. The van der Waals surface area contributed by atoms with Gasteiger partial charge in [-0.1, -0.05) is 84.9 Å². The van der Waals surface area contributed by atoms with Crippen LogP contribution in [-0.4, -0.2) is 36.2 Å². The second-order valence-corrected chi connectivity index (χ2v) is 9.44. The van der Waals surface area contributed by atoms with Crippen LogP contribution in [0.15, 0.2) is 109 Å². The van der Waals surface area contributed by atoms with Crippen molar-refractivity contribution >= 4 is 23.0 Å². The quantitative estimate of drug-likeness (QED) is 0.277. The van der Waals surface area contributed by atoms with Gasteiger partial charge in [-0.2, -0.15) is 0 Å². The van der Waals surface area contributed by atoms with Crippen LogP contribution in [0.3, 0.4) is 0 Å². The van der Waals surface area contributed by atoms with Crippen LogP contribution in [0.2, 0.25) is 0 Å². The van der Waals surface area contributed by atoms with Crippen LogP contribution in [0, 0.1) is 10.8 Å². The molecule has 0 bridgehead atoms. The van der Waals surface area contributed by atoms with E-state index < -0.39 is 11.6 Å². The Kier molecular flexibility index (Phi) is 13.3. The van der Waals surface area contributed by atoms with E-state index in [0.29, 0.717) is 47.0 Å². The predicted octanol–water partition coefficient (Wildman–Crippen LogP) is 0.347. The number of hydrogen-bond acceptors (Lipinski definition) is 8. The maximum absolute atomic E-state index is 12.5. The molecule has 0 saturated heterocycles. The fourth-order valence-corrected chi connectivity index (χ4v) is 4.96. The number of ketones is 2. The fraction of sp³-hybridized carbons (Fsp3) is 0.176. The summed E-state index contributed by atoms with van der Waals surface area (Å²) in [5, 5.41) is 16.5. The first-order valence-corrected chi connectivity index (χ1v) is 13.6. The number of ether oxygens (including phenoxy) is 4. The normalized spacial score (nSPS) is 19.4. The van der Waals surface area contributed by atoms with E-state index in [-0.39, 0.29) is 67.3 Å². The topological polar surface area (TPSA) is 119 Å². The number of fused-ring (bicyclic) bond motifs is 2. The summed E-state index contributed by atoms with van der Waals surface area (Å²) in [7, 11) is 0. The molecule has 0 saturated carbocycles. The summed E-state index contributed by atoms with van der Waals surface area (Å²) in [6.45, 7) is 4.28. The number of benzene rings is 4. The summed E-state index contributed by atoms with van der Waals surface area (Å²) < 4.78 is 23.4. The minimum Gasteiger partial charge on any atom is -1.00 e.